The van der Waals surface area contributed by atoms with Gasteiger partial charge in [0.05, 0.1) is 5.75 Å². The molecule has 0 spiro atoms. The topological polar surface area (TPSA) is 84.0 Å². The highest BCUT2D eigenvalue weighted by molar-refractivity contribution is 7.92. The molecule has 2 heterocycles. The number of nitrogens with zero attached hydrogens (tertiary/aromatic N) is 2. The summed E-state index contributed by atoms with van der Waals surface area (Å²) in [6.07, 6.45) is 1.95. The van der Waals surface area contributed by atoms with Crippen molar-refractivity contribution in [2.24, 2.45) is 0 Å². The van der Waals surface area contributed by atoms with Crippen LogP contribution < -0.4 is 10.0 Å². The van der Waals surface area contributed by atoms with Gasteiger partial charge in [-0.2, -0.15) is 0 Å². The molecular formula is C7H12N4O2S2. The SMILES string of the molecule is O=S(=O)(CC1CCCN1)Nc1nncs1. The number of anilines is 1. The highest BCUT2D eigenvalue weighted by Gasteiger charge is 2.22. The molecule has 15 heavy (non-hydrogen) atoms. The van der Waals surface area contributed by atoms with E-state index in [-0.39, 0.29) is 11.8 Å². The van der Waals surface area contributed by atoms with E-state index in [1.54, 1.807) is 0 Å². The second kappa shape index (κ2) is 4.42. The van der Waals surface area contributed by atoms with Crippen molar-refractivity contribution >= 4 is 26.5 Å². The second-order valence-electron chi connectivity index (χ2n) is 3.42. The third kappa shape index (κ3) is 3.11. The van der Waals surface area contributed by atoms with E-state index in [0.717, 1.165) is 19.4 Å². The number of hydrogen-bond acceptors (Lipinski definition) is 6. The maximum absolute atomic E-state index is 11.6. The molecule has 0 aliphatic carbocycles. The monoisotopic (exact) mass is 248 g/mol. The normalized spacial score (nSPS) is 21.7. The molecule has 2 N–H and O–H groups in total. The number of aromatic nitrogens is 2. The van der Waals surface area contributed by atoms with E-state index in [1.165, 1.54) is 16.8 Å². The molecule has 1 atom stereocenters. The molecule has 6 nitrogen and oxygen atoms in total. The lowest BCUT2D eigenvalue weighted by atomic mass is 10.3. The quantitative estimate of drug-likeness (QED) is 0.785. The zero-order chi connectivity index (χ0) is 10.7. The van der Waals surface area contributed by atoms with E-state index in [0.29, 0.717) is 5.13 Å². The Kier molecular flexibility index (Phi) is 3.17. The first-order valence-corrected chi connectivity index (χ1v) is 7.19. The summed E-state index contributed by atoms with van der Waals surface area (Å²) in [5.41, 5.74) is 1.49. The lowest BCUT2D eigenvalue weighted by molar-refractivity contribution is 0.581. The molecule has 1 aliphatic rings. The van der Waals surface area contributed by atoms with Gasteiger partial charge in [-0.1, -0.05) is 11.3 Å². The first kappa shape index (κ1) is 10.8. The summed E-state index contributed by atoms with van der Waals surface area (Å²) in [6, 6.07) is 0.0652. The van der Waals surface area contributed by atoms with Crippen LogP contribution in [0, 0.1) is 0 Å². The van der Waals surface area contributed by atoms with Gasteiger partial charge in [-0.25, -0.2) is 8.42 Å². The minimum absolute atomic E-state index is 0.0652. The maximum atomic E-state index is 11.6. The van der Waals surface area contributed by atoms with Crippen LogP contribution in [0.1, 0.15) is 12.8 Å². The lowest BCUT2D eigenvalue weighted by Crippen LogP contribution is -2.32. The first-order valence-electron chi connectivity index (χ1n) is 4.66. The van der Waals surface area contributed by atoms with E-state index in [2.05, 4.69) is 20.2 Å². The summed E-state index contributed by atoms with van der Waals surface area (Å²) < 4.78 is 25.7. The third-order valence-electron chi connectivity index (χ3n) is 2.19. The van der Waals surface area contributed by atoms with Crippen LogP contribution >= 0.6 is 11.3 Å². The Morgan fingerprint density at radius 1 is 1.67 bits per heavy atom. The molecule has 1 aromatic rings. The minimum atomic E-state index is -3.29. The number of rotatable bonds is 4. The summed E-state index contributed by atoms with van der Waals surface area (Å²) >= 11 is 1.17. The largest absolute Gasteiger partial charge is 0.313 e. The van der Waals surface area contributed by atoms with Crippen LogP contribution in [0.5, 0.6) is 0 Å². The van der Waals surface area contributed by atoms with Crippen LogP contribution in [0.4, 0.5) is 5.13 Å². The van der Waals surface area contributed by atoms with Crippen LogP contribution in [0.25, 0.3) is 0 Å². The summed E-state index contributed by atoms with van der Waals surface area (Å²) in [5.74, 6) is 0.104. The Balaban J connectivity index is 1.94. The van der Waals surface area contributed by atoms with Crippen molar-refractivity contribution in [3.05, 3.63) is 5.51 Å². The van der Waals surface area contributed by atoms with Crippen molar-refractivity contribution in [2.45, 2.75) is 18.9 Å². The van der Waals surface area contributed by atoms with E-state index < -0.39 is 10.0 Å². The fourth-order valence-electron chi connectivity index (χ4n) is 1.56. The van der Waals surface area contributed by atoms with Gasteiger partial charge < -0.3 is 5.32 Å². The molecule has 1 aliphatic heterocycles. The Bertz CT molecular complexity index is 397. The highest BCUT2D eigenvalue weighted by atomic mass is 32.2. The number of nitrogens with one attached hydrogen (secondary N) is 2. The van der Waals surface area contributed by atoms with Gasteiger partial charge in [-0.15, -0.1) is 10.2 Å². The Hall–Kier alpha value is -0.730. The van der Waals surface area contributed by atoms with Gasteiger partial charge in [0, 0.05) is 6.04 Å². The standard InChI is InChI=1S/C7H12N4O2S2/c12-15(13,4-6-2-1-3-8-6)11-7-10-9-5-14-7/h5-6,8H,1-4H2,(H,10,11). The van der Waals surface area contributed by atoms with Crippen molar-refractivity contribution in [3.8, 4) is 0 Å². The van der Waals surface area contributed by atoms with Gasteiger partial charge in [-0.3, -0.25) is 4.72 Å². The van der Waals surface area contributed by atoms with Crippen molar-refractivity contribution < 1.29 is 8.42 Å². The molecule has 0 bridgehead atoms. The van der Waals surface area contributed by atoms with Gasteiger partial charge >= 0.3 is 0 Å². The minimum Gasteiger partial charge on any atom is -0.313 e. The lowest BCUT2D eigenvalue weighted by Gasteiger charge is -2.10. The fraction of sp³-hybridized carbons (Fsp3) is 0.714. The van der Waals surface area contributed by atoms with Crippen molar-refractivity contribution in [1.82, 2.24) is 15.5 Å². The Morgan fingerprint density at radius 2 is 2.53 bits per heavy atom. The zero-order valence-electron chi connectivity index (χ0n) is 8.01. The Morgan fingerprint density at radius 3 is 3.13 bits per heavy atom. The molecule has 0 amide bonds. The molecule has 1 unspecified atom stereocenters. The van der Waals surface area contributed by atoms with Crippen LogP contribution in [0.15, 0.2) is 5.51 Å². The number of hydrogen-bond donors (Lipinski definition) is 2. The van der Waals surface area contributed by atoms with Crippen LogP contribution in [-0.2, 0) is 10.0 Å². The Labute approximate surface area is 92.2 Å². The van der Waals surface area contributed by atoms with Gasteiger partial charge in [0.15, 0.2) is 0 Å². The van der Waals surface area contributed by atoms with Gasteiger partial charge in [0.25, 0.3) is 0 Å². The molecule has 8 heteroatoms. The molecule has 0 saturated carbocycles. The van der Waals surface area contributed by atoms with E-state index >= 15 is 0 Å². The van der Waals surface area contributed by atoms with Gasteiger partial charge in [0.1, 0.15) is 5.51 Å². The van der Waals surface area contributed by atoms with Crippen molar-refractivity contribution in [1.29, 1.82) is 0 Å². The van der Waals surface area contributed by atoms with E-state index in [1.807, 2.05) is 0 Å². The van der Waals surface area contributed by atoms with E-state index in [9.17, 15) is 8.42 Å². The fourth-order valence-corrected chi connectivity index (χ4v) is 3.62. The maximum Gasteiger partial charge on any atom is 0.236 e. The molecule has 1 saturated heterocycles. The van der Waals surface area contributed by atoms with Gasteiger partial charge in [-0.05, 0) is 19.4 Å². The van der Waals surface area contributed by atoms with Crippen molar-refractivity contribution in [2.75, 3.05) is 17.0 Å². The molecule has 1 aromatic heterocycles. The van der Waals surface area contributed by atoms with E-state index in [4.69, 9.17) is 0 Å². The smallest absolute Gasteiger partial charge is 0.236 e. The number of sulfonamides is 1. The molecule has 2 rings (SSSR count). The summed E-state index contributed by atoms with van der Waals surface area (Å²) in [6.45, 7) is 0.902. The van der Waals surface area contributed by atoms with Crippen molar-refractivity contribution in [3.63, 3.8) is 0 Å². The average molecular weight is 248 g/mol. The van der Waals surface area contributed by atoms with Gasteiger partial charge in [0.2, 0.25) is 15.2 Å². The van der Waals surface area contributed by atoms with Crippen LogP contribution in [0.3, 0.4) is 0 Å². The summed E-state index contributed by atoms with van der Waals surface area (Å²) in [5, 5.41) is 10.7. The zero-order valence-corrected chi connectivity index (χ0v) is 9.64. The average Bonchev–Trinajstić information content (AvgIpc) is 2.75. The molecule has 84 valence electrons. The first-order chi connectivity index (χ1) is 7.16. The third-order valence-corrected chi connectivity index (χ3v) is 4.27. The second-order valence-corrected chi connectivity index (χ2v) is 6.02. The van der Waals surface area contributed by atoms with Crippen LogP contribution in [-0.4, -0.2) is 37.0 Å². The molecular weight excluding hydrogens is 236 g/mol. The predicted molar refractivity (Wildman–Crippen MR) is 58.3 cm³/mol. The molecule has 0 radical (unpaired) electrons. The summed E-state index contributed by atoms with van der Waals surface area (Å²) in [7, 11) is -3.29. The predicted octanol–water partition coefficient (Wildman–Crippen LogP) is 0.0318. The molecule has 1 fully saturated rings. The summed E-state index contributed by atoms with van der Waals surface area (Å²) in [4.78, 5) is 0. The highest BCUT2D eigenvalue weighted by Crippen LogP contribution is 2.13. The molecule has 0 aromatic carbocycles. The van der Waals surface area contributed by atoms with Crippen LogP contribution in [0.2, 0.25) is 0 Å².